The minimum atomic E-state index is 0. The molecule has 0 aliphatic heterocycles. The first-order chi connectivity index (χ1) is 13.3. The van der Waals surface area contributed by atoms with E-state index >= 15 is 0 Å². The molecule has 0 N–H and O–H groups in total. The van der Waals surface area contributed by atoms with Crippen LogP contribution in [0.4, 0.5) is 0 Å². The summed E-state index contributed by atoms with van der Waals surface area (Å²) in [4.78, 5) is 6.92. The van der Waals surface area contributed by atoms with Crippen molar-refractivity contribution in [1.82, 2.24) is 14.3 Å². The SMILES string of the molecule is Cc1ccc(-c2nsc(Oc3cc(C)c(CCN(C)C(C)C)cc3C)n2)cc1.Cl. The third-order valence-corrected chi connectivity index (χ3v) is 5.76. The van der Waals surface area contributed by atoms with Crippen LogP contribution in [0.2, 0.25) is 0 Å². The number of hydrogen-bond acceptors (Lipinski definition) is 5. The molecule has 1 aromatic heterocycles. The summed E-state index contributed by atoms with van der Waals surface area (Å²) in [6.45, 7) is 11.8. The highest BCUT2D eigenvalue weighted by molar-refractivity contribution is 7.07. The van der Waals surface area contributed by atoms with Gasteiger partial charge in [0, 0.05) is 29.7 Å². The molecule has 0 amide bonds. The molecule has 3 rings (SSSR count). The van der Waals surface area contributed by atoms with Crippen LogP contribution in [0.5, 0.6) is 10.9 Å². The average Bonchev–Trinajstić information content (AvgIpc) is 3.12. The Morgan fingerprint density at radius 1 is 1.03 bits per heavy atom. The maximum atomic E-state index is 6.07. The van der Waals surface area contributed by atoms with Crippen LogP contribution in [0.25, 0.3) is 11.4 Å². The molecule has 0 radical (unpaired) electrons. The zero-order chi connectivity index (χ0) is 20.3. The van der Waals surface area contributed by atoms with E-state index in [-0.39, 0.29) is 12.4 Å². The van der Waals surface area contributed by atoms with Crippen molar-refractivity contribution in [3.05, 3.63) is 58.7 Å². The van der Waals surface area contributed by atoms with E-state index in [4.69, 9.17) is 4.74 Å². The summed E-state index contributed by atoms with van der Waals surface area (Å²) < 4.78 is 10.5. The lowest BCUT2D eigenvalue weighted by molar-refractivity contribution is 0.277. The molecule has 0 saturated carbocycles. The van der Waals surface area contributed by atoms with Crippen LogP contribution in [0.1, 0.15) is 36.1 Å². The molecule has 29 heavy (non-hydrogen) atoms. The van der Waals surface area contributed by atoms with E-state index in [2.05, 4.69) is 80.2 Å². The van der Waals surface area contributed by atoms with Crippen molar-refractivity contribution in [2.24, 2.45) is 0 Å². The normalized spacial score (nSPS) is 11.0. The number of aromatic nitrogens is 2. The van der Waals surface area contributed by atoms with Gasteiger partial charge < -0.3 is 9.64 Å². The summed E-state index contributed by atoms with van der Waals surface area (Å²) in [7, 11) is 2.17. The second-order valence-electron chi connectivity index (χ2n) is 7.72. The van der Waals surface area contributed by atoms with Crippen LogP contribution >= 0.6 is 23.9 Å². The van der Waals surface area contributed by atoms with Crippen molar-refractivity contribution in [3.8, 4) is 22.3 Å². The van der Waals surface area contributed by atoms with Crippen molar-refractivity contribution in [1.29, 1.82) is 0 Å². The number of aryl methyl sites for hydroxylation is 3. The molecule has 0 aliphatic rings. The van der Waals surface area contributed by atoms with Crippen LogP contribution in [-0.2, 0) is 6.42 Å². The van der Waals surface area contributed by atoms with Gasteiger partial charge in [-0.15, -0.1) is 12.4 Å². The van der Waals surface area contributed by atoms with Crippen molar-refractivity contribution < 1.29 is 4.74 Å². The number of ether oxygens (including phenoxy) is 1. The fraction of sp³-hybridized carbons (Fsp3) is 0.391. The zero-order valence-electron chi connectivity index (χ0n) is 18.0. The molecule has 3 aromatic rings. The Kier molecular flexibility index (Phi) is 8.20. The molecule has 0 unspecified atom stereocenters. The molecule has 0 aliphatic carbocycles. The van der Waals surface area contributed by atoms with Crippen LogP contribution in [-0.4, -0.2) is 33.9 Å². The molecule has 4 nitrogen and oxygen atoms in total. The predicted octanol–water partition coefficient (Wildman–Crippen LogP) is 6.23. The van der Waals surface area contributed by atoms with Gasteiger partial charge in [-0.1, -0.05) is 35.9 Å². The van der Waals surface area contributed by atoms with Gasteiger partial charge in [0.05, 0.1) is 0 Å². The summed E-state index contributed by atoms with van der Waals surface area (Å²) in [5, 5.41) is 0.574. The fourth-order valence-electron chi connectivity index (χ4n) is 2.95. The highest BCUT2D eigenvalue weighted by Crippen LogP contribution is 2.31. The minimum absolute atomic E-state index is 0. The number of halogens is 1. The van der Waals surface area contributed by atoms with Crippen molar-refractivity contribution in [3.63, 3.8) is 0 Å². The Balaban J connectivity index is 0.00000300. The Bertz CT molecular complexity index is 938. The summed E-state index contributed by atoms with van der Waals surface area (Å²) in [5.74, 6) is 1.56. The first kappa shape index (κ1) is 23.3. The highest BCUT2D eigenvalue weighted by atomic mass is 35.5. The van der Waals surface area contributed by atoms with Gasteiger partial charge in [-0.2, -0.15) is 9.36 Å². The molecule has 0 spiro atoms. The molecule has 0 bridgehead atoms. The van der Waals surface area contributed by atoms with E-state index in [9.17, 15) is 0 Å². The fourth-order valence-corrected chi connectivity index (χ4v) is 3.51. The van der Waals surface area contributed by atoms with Gasteiger partial charge >= 0.3 is 0 Å². The molecule has 0 fully saturated rings. The highest BCUT2D eigenvalue weighted by Gasteiger charge is 2.12. The summed E-state index contributed by atoms with van der Waals surface area (Å²) in [6.07, 6.45) is 1.04. The summed E-state index contributed by atoms with van der Waals surface area (Å²) >= 11 is 1.29. The van der Waals surface area contributed by atoms with Gasteiger partial charge in [-0.05, 0) is 70.8 Å². The van der Waals surface area contributed by atoms with Crippen LogP contribution in [0, 0.1) is 20.8 Å². The minimum Gasteiger partial charge on any atom is -0.430 e. The number of rotatable bonds is 7. The molecule has 156 valence electrons. The van der Waals surface area contributed by atoms with Crippen LogP contribution in [0.15, 0.2) is 36.4 Å². The number of benzene rings is 2. The third-order valence-electron chi connectivity index (χ3n) is 5.16. The number of likely N-dealkylation sites (N-methyl/N-ethyl adjacent to an activating group) is 1. The Morgan fingerprint density at radius 2 is 1.72 bits per heavy atom. The van der Waals surface area contributed by atoms with Gasteiger partial charge in [-0.3, -0.25) is 0 Å². The Morgan fingerprint density at radius 3 is 2.38 bits per heavy atom. The van der Waals surface area contributed by atoms with Gasteiger partial charge in [-0.25, -0.2) is 0 Å². The average molecular weight is 432 g/mol. The van der Waals surface area contributed by atoms with Crippen LogP contribution < -0.4 is 4.74 Å². The Labute approximate surface area is 184 Å². The Hall–Kier alpha value is -1.95. The van der Waals surface area contributed by atoms with E-state index in [1.54, 1.807) is 0 Å². The van der Waals surface area contributed by atoms with E-state index < -0.39 is 0 Å². The predicted molar refractivity (Wildman–Crippen MR) is 125 cm³/mol. The van der Waals surface area contributed by atoms with Crippen molar-refractivity contribution in [2.45, 2.75) is 47.1 Å². The lowest BCUT2D eigenvalue weighted by Crippen LogP contribution is -2.28. The number of nitrogens with zero attached hydrogens (tertiary/aromatic N) is 3. The second kappa shape index (κ2) is 10.2. The van der Waals surface area contributed by atoms with Crippen molar-refractivity contribution >= 4 is 23.9 Å². The molecule has 0 saturated heterocycles. The summed E-state index contributed by atoms with van der Waals surface area (Å²) in [6, 6.07) is 13.1. The largest absolute Gasteiger partial charge is 0.430 e. The lowest BCUT2D eigenvalue weighted by atomic mass is 10.0. The quantitative estimate of drug-likeness (QED) is 0.444. The molecule has 6 heteroatoms. The molecule has 2 aromatic carbocycles. The summed E-state index contributed by atoms with van der Waals surface area (Å²) in [5.41, 5.74) is 5.98. The van der Waals surface area contributed by atoms with E-state index in [0.717, 1.165) is 29.8 Å². The second-order valence-corrected chi connectivity index (χ2v) is 8.43. The molecular weight excluding hydrogens is 402 g/mol. The molecule has 0 atom stereocenters. The zero-order valence-corrected chi connectivity index (χ0v) is 19.7. The molecular formula is C23H30ClN3OS. The van der Waals surface area contributed by atoms with E-state index in [1.807, 2.05) is 12.1 Å². The molecule has 1 heterocycles. The van der Waals surface area contributed by atoms with Gasteiger partial charge in [0.2, 0.25) is 0 Å². The smallest absolute Gasteiger partial charge is 0.299 e. The first-order valence-electron chi connectivity index (χ1n) is 9.72. The third kappa shape index (κ3) is 6.01. The first-order valence-corrected chi connectivity index (χ1v) is 10.5. The van der Waals surface area contributed by atoms with E-state index in [1.165, 1.54) is 28.2 Å². The topological polar surface area (TPSA) is 38.2 Å². The number of hydrogen-bond donors (Lipinski definition) is 0. The van der Waals surface area contributed by atoms with Crippen molar-refractivity contribution in [2.75, 3.05) is 13.6 Å². The van der Waals surface area contributed by atoms with Gasteiger partial charge in [0.15, 0.2) is 5.82 Å². The van der Waals surface area contributed by atoms with Gasteiger partial charge in [0.25, 0.3) is 5.19 Å². The maximum absolute atomic E-state index is 6.07. The van der Waals surface area contributed by atoms with Gasteiger partial charge in [0.1, 0.15) is 5.75 Å². The van der Waals surface area contributed by atoms with E-state index in [0.29, 0.717) is 17.1 Å². The standard InChI is InChI=1S/C23H29N3OS.ClH/c1-15(2)26(6)12-11-20-13-18(5)21(14-17(20)4)27-23-24-22(25-28-23)19-9-7-16(3)8-10-19;/h7-10,13-15H,11-12H2,1-6H3;1H. The maximum Gasteiger partial charge on any atom is 0.299 e. The lowest BCUT2D eigenvalue weighted by Gasteiger charge is -2.21. The monoisotopic (exact) mass is 431 g/mol. The van der Waals surface area contributed by atoms with Crippen LogP contribution in [0.3, 0.4) is 0 Å².